The zero-order valence-corrected chi connectivity index (χ0v) is 19.6. The van der Waals surface area contributed by atoms with Crippen LogP contribution in [0.1, 0.15) is 31.1 Å². The first-order chi connectivity index (χ1) is 14.5. The standard InChI is InChI=1S/C25H29FN2O2Si/c1-25(2,3)31(4,5)30-23-15-14-21(16-22(23)27)28-24(29)19-8-6-17(7-9-19)18-10-12-20(26)13-11-18/h6-16H,27H2,1-5H3,(H,28,29). The minimum Gasteiger partial charge on any atom is -0.542 e. The second-order valence-corrected chi connectivity index (χ2v) is 13.9. The van der Waals surface area contributed by atoms with Gasteiger partial charge in [0.25, 0.3) is 14.2 Å². The molecular formula is C25H29FN2O2Si. The van der Waals surface area contributed by atoms with Gasteiger partial charge in [0.2, 0.25) is 0 Å². The Morgan fingerprint density at radius 2 is 1.48 bits per heavy atom. The van der Waals surface area contributed by atoms with Crippen molar-refractivity contribution in [2.45, 2.75) is 38.9 Å². The number of hydrogen-bond donors (Lipinski definition) is 2. The van der Waals surface area contributed by atoms with Gasteiger partial charge >= 0.3 is 0 Å². The van der Waals surface area contributed by atoms with Crippen LogP contribution in [0.3, 0.4) is 0 Å². The number of benzene rings is 3. The van der Waals surface area contributed by atoms with E-state index in [1.165, 1.54) is 12.1 Å². The second kappa shape index (κ2) is 8.55. The fourth-order valence-corrected chi connectivity index (χ4v) is 3.85. The van der Waals surface area contributed by atoms with Gasteiger partial charge in [0.1, 0.15) is 11.6 Å². The Morgan fingerprint density at radius 1 is 0.935 bits per heavy atom. The third kappa shape index (κ3) is 5.33. The molecule has 0 unspecified atom stereocenters. The van der Waals surface area contributed by atoms with E-state index in [1.54, 1.807) is 36.4 Å². The molecule has 0 bridgehead atoms. The summed E-state index contributed by atoms with van der Waals surface area (Å²) >= 11 is 0. The van der Waals surface area contributed by atoms with E-state index < -0.39 is 8.32 Å². The summed E-state index contributed by atoms with van der Waals surface area (Å²) in [5.74, 6) is 0.135. The van der Waals surface area contributed by atoms with Crippen LogP contribution in [-0.4, -0.2) is 14.2 Å². The van der Waals surface area contributed by atoms with E-state index in [4.69, 9.17) is 10.2 Å². The molecule has 4 nitrogen and oxygen atoms in total. The summed E-state index contributed by atoms with van der Waals surface area (Å²) in [7, 11) is -2.00. The molecule has 0 saturated carbocycles. The van der Waals surface area contributed by atoms with Gasteiger partial charge in [0.15, 0.2) is 0 Å². The van der Waals surface area contributed by atoms with Gasteiger partial charge in [-0.05, 0) is 71.7 Å². The molecule has 0 fully saturated rings. The zero-order chi connectivity index (χ0) is 22.8. The van der Waals surface area contributed by atoms with Gasteiger partial charge in [-0.3, -0.25) is 4.79 Å². The number of rotatable bonds is 5. The highest BCUT2D eigenvalue weighted by molar-refractivity contribution is 6.74. The van der Waals surface area contributed by atoms with Gasteiger partial charge < -0.3 is 15.5 Å². The Bertz CT molecular complexity index is 1070. The average Bonchev–Trinajstić information content (AvgIpc) is 2.70. The molecule has 0 atom stereocenters. The molecule has 3 aromatic carbocycles. The maximum Gasteiger partial charge on any atom is 0.255 e. The Morgan fingerprint density at radius 3 is 2.00 bits per heavy atom. The largest absolute Gasteiger partial charge is 0.542 e. The molecule has 31 heavy (non-hydrogen) atoms. The van der Waals surface area contributed by atoms with Crippen molar-refractivity contribution in [2.24, 2.45) is 0 Å². The van der Waals surface area contributed by atoms with Gasteiger partial charge in [-0.1, -0.05) is 45.0 Å². The minimum atomic E-state index is -2.00. The summed E-state index contributed by atoms with van der Waals surface area (Å²) in [4.78, 5) is 12.6. The van der Waals surface area contributed by atoms with Crippen LogP contribution in [0, 0.1) is 5.82 Å². The van der Waals surface area contributed by atoms with Crippen molar-refractivity contribution in [3.8, 4) is 16.9 Å². The third-order valence-electron chi connectivity index (χ3n) is 5.76. The van der Waals surface area contributed by atoms with Crippen LogP contribution >= 0.6 is 0 Å². The van der Waals surface area contributed by atoms with Gasteiger partial charge in [-0.2, -0.15) is 0 Å². The first kappa shape index (κ1) is 22.6. The summed E-state index contributed by atoms with van der Waals surface area (Å²) in [5, 5.41) is 2.94. The van der Waals surface area contributed by atoms with Crippen LogP contribution in [-0.2, 0) is 0 Å². The zero-order valence-electron chi connectivity index (χ0n) is 18.6. The molecule has 3 rings (SSSR count). The summed E-state index contributed by atoms with van der Waals surface area (Å²) in [6, 6.07) is 18.7. The molecule has 162 valence electrons. The van der Waals surface area contributed by atoms with Crippen molar-refractivity contribution in [1.82, 2.24) is 0 Å². The van der Waals surface area contributed by atoms with Crippen LogP contribution in [0.4, 0.5) is 15.8 Å². The Labute approximate surface area is 184 Å². The number of amides is 1. The smallest absolute Gasteiger partial charge is 0.255 e. The maximum atomic E-state index is 13.1. The number of carbonyl (C=O) groups is 1. The molecular weight excluding hydrogens is 407 g/mol. The minimum absolute atomic E-state index is 0.0619. The van der Waals surface area contributed by atoms with Crippen molar-refractivity contribution >= 4 is 25.6 Å². The van der Waals surface area contributed by atoms with E-state index in [0.717, 1.165) is 11.1 Å². The predicted octanol–water partition coefficient (Wildman–Crippen LogP) is 6.71. The number of nitrogens with two attached hydrogens (primary N) is 1. The Kier molecular flexibility index (Phi) is 6.22. The highest BCUT2D eigenvalue weighted by atomic mass is 28.4. The van der Waals surface area contributed by atoms with Crippen molar-refractivity contribution in [1.29, 1.82) is 0 Å². The summed E-state index contributed by atoms with van der Waals surface area (Å²) < 4.78 is 19.4. The van der Waals surface area contributed by atoms with Crippen LogP contribution in [0.25, 0.3) is 11.1 Å². The molecule has 0 aliphatic heterocycles. The number of nitrogen functional groups attached to an aromatic ring is 1. The topological polar surface area (TPSA) is 64.3 Å². The highest BCUT2D eigenvalue weighted by Gasteiger charge is 2.39. The average molecular weight is 437 g/mol. The van der Waals surface area contributed by atoms with Crippen molar-refractivity contribution in [3.05, 3.63) is 78.1 Å². The second-order valence-electron chi connectivity index (χ2n) is 9.15. The number of anilines is 2. The van der Waals surface area contributed by atoms with E-state index in [9.17, 15) is 9.18 Å². The van der Waals surface area contributed by atoms with Crippen LogP contribution in [0.15, 0.2) is 66.7 Å². The van der Waals surface area contributed by atoms with Crippen molar-refractivity contribution in [2.75, 3.05) is 11.1 Å². The molecule has 0 aliphatic carbocycles. The molecule has 0 aromatic heterocycles. The number of nitrogens with one attached hydrogen (secondary N) is 1. The Balaban J connectivity index is 1.70. The normalized spacial score (nSPS) is 11.8. The molecule has 0 radical (unpaired) electrons. The van der Waals surface area contributed by atoms with Gasteiger partial charge in [-0.25, -0.2) is 4.39 Å². The van der Waals surface area contributed by atoms with Gasteiger partial charge in [-0.15, -0.1) is 0 Å². The molecule has 0 spiro atoms. The number of carbonyl (C=O) groups excluding carboxylic acids is 1. The van der Waals surface area contributed by atoms with E-state index >= 15 is 0 Å². The molecule has 0 saturated heterocycles. The maximum absolute atomic E-state index is 13.1. The van der Waals surface area contributed by atoms with Crippen LogP contribution < -0.4 is 15.5 Å². The lowest BCUT2D eigenvalue weighted by atomic mass is 10.0. The molecule has 0 aliphatic rings. The lowest BCUT2D eigenvalue weighted by Crippen LogP contribution is -2.44. The Hall–Kier alpha value is -3.12. The quantitative estimate of drug-likeness (QED) is 0.345. The summed E-state index contributed by atoms with van der Waals surface area (Å²) in [6.45, 7) is 10.8. The first-order valence-electron chi connectivity index (χ1n) is 10.2. The van der Waals surface area contributed by atoms with E-state index in [1.807, 2.05) is 18.2 Å². The fraction of sp³-hybridized carbons (Fsp3) is 0.240. The fourth-order valence-electron chi connectivity index (χ4n) is 2.81. The summed E-state index contributed by atoms with van der Waals surface area (Å²) in [5.41, 5.74) is 9.62. The molecule has 6 heteroatoms. The molecule has 0 heterocycles. The SMILES string of the molecule is CC(C)(C)[Si](C)(C)Oc1ccc(NC(=O)c2ccc(-c3ccc(F)cc3)cc2)cc1N. The van der Waals surface area contributed by atoms with Crippen LogP contribution in [0.5, 0.6) is 5.75 Å². The highest BCUT2D eigenvalue weighted by Crippen LogP contribution is 2.39. The molecule has 3 N–H and O–H groups in total. The van der Waals surface area contributed by atoms with E-state index in [2.05, 4.69) is 39.2 Å². The lowest BCUT2D eigenvalue weighted by molar-refractivity contribution is 0.102. The van der Waals surface area contributed by atoms with Crippen molar-refractivity contribution < 1.29 is 13.6 Å². The monoisotopic (exact) mass is 436 g/mol. The molecule has 1 amide bonds. The number of hydrogen-bond acceptors (Lipinski definition) is 3. The van der Waals surface area contributed by atoms with Crippen LogP contribution in [0.2, 0.25) is 18.1 Å². The third-order valence-corrected chi connectivity index (χ3v) is 10.1. The van der Waals surface area contributed by atoms with E-state index in [-0.39, 0.29) is 16.8 Å². The van der Waals surface area contributed by atoms with Crippen molar-refractivity contribution in [3.63, 3.8) is 0 Å². The first-order valence-corrected chi connectivity index (χ1v) is 13.1. The predicted molar refractivity (Wildman–Crippen MR) is 128 cm³/mol. The van der Waals surface area contributed by atoms with E-state index in [0.29, 0.717) is 22.7 Å². The number of halogens is 1. The van der Waals surface area contributed by atoms with Gasteiger partial charge in [0.05, 0.1) is 5.69 Å². The van der Waals surface area contributed by atoms with Gasteiger partial charge in [0, 0.05) is 11.3 Å². The summed E-state index contributed by atoms with van der Waals surface area (Å²) in [6.07, 6.45) is 0. The molecule has 3 aromatic rings. The lowest BCUT2D eigenvalue weighted by Gasteiger charge is -2.36.